The summed E-state index contributed by atoms with van der Waals surface area (Å²) in [6.45, 7) is 3.58. The van der Waals surface area contributed by atoms with Crippen molar-refractivity contribution in [3.63, 3.8) is 0 Å². The van der Waals surface area contributed by atoms with Crippen LogP contribution >= 0.6 is 22.7 Å². The molecule has 3 heterocycles. The number of nitrogens with two attached hydrogens (primary N) is 1. The average molecular weight is 533 g/mol. The molecule has 3 atom stereocenters. The lowest BCUT2D eigenvalue weighted by atomic mass is 9.81. The molecule has 2 aromatic rings. The number of amides is 3. The second kappa shape index (κ2) is 11.0. The number of rotatable bonds is 5. The Morgan fingerprint density at radius 1 is 1.19 bits per heavy atom. The zero-order valence-electron chi connectivity index (χ0n) is 20.9. The fourth-order valence-corrected chi connectivity index (χ4v) is 6.27. The van der Waals surface area contributed by atoms with Crippen LogP contribution in [0.2, 0.25) is 0 Å². The van der Waals surface area contributed by atoms with Gasteiger partial charge in [0.25, 0.3) is 11.8 Å². The number of nitrogens with zero attached hydrogens (tertiary/aromatic N) is 5. The first-order valence-corrected chi connectivity index (χ1v) is 13.5. The molecule has 4 N–H and O–H groups in total. The van der Waals surface area contributed by atoms with E-state index in [0.29, 0.717) is 29.4 Å². The molecule has 1 aliphatic heterocycles. The minimum Gasteiger partial charge on any atom is -0.379 e. The number of aryl methyl sites for hydroxylation is 1. The predicted octanol–water partition coefficient (Wildman–Crippen LogP) is 1.06. The van der Waals surface area contributed by atoms with E-state index in [1.807, 2.05) is 14.0 Å². The highest BCUT2D eigenvalue weighted by Crippen LogP contribution is 2.28. The lowest BCUT2D eigenvalue weighted by Crippen LogP contribution is -2.57. The molecule has 0 spiro atoms. The van der Waals surface area contributed by atoms with Gasteiger partial charge in [-0.1, -0.05) is 0 Å². The van der Waals surface area contributed by atoms with Gasteiger partial charge in [0.15, 0.2) is 10.8 Å². The lowest BCUT2D eigenvalue weighted by molar-refractivity contribution is -0.134. The molecule has 1 fully saturated rings. The van der Waals surface area contributed by atoms with Crippen LogP contribution in [0, 0.1) is 12.8 Å². The summed E-state index contributed by atoms with van der Waals surface area (Å²) in [4.78, 5) is 57.3. The van der Waals surface area contributed by atoms with E-state index in [-0.39, 0.29) is 23.6 Å². The maximum Gasteiger partial charge on any atom is 0.286 e. The molecule has 0 radical (unpaired) electrons. The third-order valence-electron chi connectivity index (χ3n) is 6.45. The van der Waals surface area contributed by atoms with Gasteiger partial charge < -0.3 is 26.2 Å². The van der Waals surface area contributed by atoms with E-state index in [0.717, 1.165) is 35.0 Å². The molecule has 4 rings (SSSR count). The molecule has 0 unspecified atom stereocenters. The topological polar surface area (TPSA) is 146 Å². The lowest BCUT2D eigenvalue weighted by Gasteiger charge is -2.37. The molecule has 1 saturated carbocycles. The molecule has 36 heavy (non-hydrogen) atoms. The monoisotopic (exact) mass is 532 g/mol. The zero-order valence-corrected chi connectivity index (χ0v) is 22.5. The SMILES string of the molecule is Cc1cnc(N=C(N)C(=O)N[C@H]2CC[C@H](C(=O)N(C)C)C[C@H]2NC(=O)c2nc3c(s2)CN(C)CC3)s1. The first-order chi connectivity index (χ1) is 17.1. The Kier molecular flexibility index (Phi) is 8.00. The van der Waals surface area contributed by atoms with Gasteiger partial charge >= 0.3 is 0 Å². The molecular weight excluding hydrogens is 500 g/mol. The minimum absolute atomic E-state index is 0.00647. The Bertz CT molecular complexity index is 1170. The van der Waals surface area contributed by atoms with Crippen LogP contribution in [0.1, 0.15) is 44.5 Å². The smallest absolute Gasteiger partial charge is 0.286 e. The molecular formula is C23H32N8O3S2. The highest BCUT2D eigenvalue weighted by molar-refractivity contribution is 7.15. The summed E-state index contributed by atoms with van der Waals surface area (Å²) in [7, 11) is 5.49. The number of carbonyl (C=O) groups excluding carboxylic acids is 3. The quantitative estimate of drug-likeness (QED) is 0.385. The summed E-state index contributed by atoms with van der Waals surface area (Å²) in [5.74, 6) is -1.26. The first-order valence-electron chi connectivity index (χ1n) is 11.9. The van der Waals surface area contributed by atoms with E-state index < -0.39 is 18.0 Å². The first kappa shape index (κ1) is 26.2. The molecule has 2 aromatic heterocycles. The minimum atomic E-state index is -0.530. The Hall–Kier alpha value is -2.90. The van der Waals surface area contributed by atoms with Gasteiger partial charge in [-0.2, -0.15) is 4.99 Å². The van der Waals surface area contributed by atoms with Crippen molar-refractivity contribution in [3.8, 4) is 0 Å². The van der Waals surface area contributed by atoms with Gasteiger partial charge in [-0.3, -0.25) is 14.4 Å². The van der Waals surface area contributed by atoms with Crippen LogP contribution in [-0.4, -0.2) is 83.1 Å². The van der Waals surface area contributed by atoms with Crippen molar-refractivity contribution in [3.05, 3.63) is 26.7 Å². The predicted molar refractivity (Wildman–Crippen MR) is 140 cm³/mol. The van der Waals surface area contributed by atoms with Crippen molar-refractivity contribution in [2.24, 2.45) is 16.6 Å². The van der Waals surface area contributed by atoms with Gasteiger partial charge in [0.05, 0.1) is 11.7 Å². The number of hydrogen-bond acceptors (Lipinski definition) is 9. The number of carbonyl (C=O) groups is 3. The standard InChI is InChI=1S/C23H32N8O3S2/c1-12-10-25-23(35-12)29-18(24)19(32)26-14-6-5-13(22(34)30(2)3)9-16(14)27-20(33)21-28-15-7-8-31(4)11-17(15)36-21/h10,13-14,16H,5-9,11H2,1-4H3,(H,26,32)(H,27,33)(H2,24,25,29)/t13-,14-,16+/m0/s1. The number of hydrogen-bond donors (Lipinski definition) is 3. The van der Waals surface area contributed by atoms with Crippen LogP contribution in [0.3, 0.4) is 0 Å². The van der Waals surface area contributed by atoms with Crippen molar-refractivity contribution in [1.29, 1.82) is 0 Å². The summed E-state index contributed by atoms with van der Waals surface area (Å²) < 4.78 is 0. The van der Waals surface area contributed by atoms with Crippen LogP contribution in [0.4, 0.5) is 5.13 Å². The number of thiazole rings is 2. The van der Waals surface area contributed by atoms with E-state index in [9.17, 15) is 14.4 Å². The molecule has 13 heteroatoms. The van der Waals surface area contributed by atoms with Crippen LogP contribution in [0.25, 0.3) is 0 Å². The summed E-state index contributed by atoms with van der Waals surface area (Å²) in [5.41, 5.74) is 6.91. The number of nitrogens with one attached hydrogen (secondary N) is 2. The van der Waals surface area contributed by atoms with Crippen LogP contribution < -0.4 is 16.4 Å². The van der Waals surface area contributed by atoms with Gasteiger partial charge in [0.2, 0.25) is 11.0 Å². The maximum absolute atomic E-state index is 13.2. The van der Waals surface area contributed by atoms with Gasteiger partial charge in [0.1, 0.15) is 0 Å². The number of aromatic nitrogens is 2. The van der Waals surface area contributed by atoms with Crippen molar-refractivity contribution in [2.75, 3.05) is 27.7 Å². The average Bonchev–Trinajstić information content (AvgIpc) is 3.44. The van der Waals surface area contributed by atoms with Gasteiger partial charge in [-0.15, -0.1) is 22.7 Å². The molecule has 0 aromatic carbocycles. The van der Waals surface area contributed by atoms with Gasteiger partial charge in [0, 0.05) is 61.5 Å². The van der Waals surface area contributed by atoms with Crippen molar-refractivity contribution in [2.45, 2.75) is 51.2 Å². The zero-order chi connectivity index (χ0) is 26.0. The van der Waals surface area contributed by atoms with Crippen molar-refractivity contribution in [1.82, 2.24) is 30.4 Å². The largest absolute Gasteiger partial charge is 0.379 e. The number of fused-ring (bicyclic) bond motifs is 1. The third-order valence-corrected chi connectivity index (χ3v) is 8.34. The molecule has 2 aliphatic rings. The van der Waals surface area contributed by atoms with E-state index in [1.165, 1.54) is 22.7 Å². The Morgan fingerprint density at radius 3 is 2.67 bits per heavy atom. The fraction of sp³-hybridized carbons (Fsp3) is 0.565. The summed E-state index contributed by atoms with van der Waals surface area (Å²) in [5, 5.41) is 6.77. The van der Waals surface area contributed by atoms with Crippen LogP contribution in [-0.2, 0) is 22.6 Å². The van der Waals surface area contributed by atoms with E-state index in [4.69, 9.17) is 5.73 Å². The van der Waals surface area contributed by atoms with Crippen LogP contribution in [0.5, 0.6) is 0 Å². The third kappa shape index (κ3) is 6.08. The maximum atomic E-state index is 13.2. The Balaban J connectivity index is 1.49. The fourth-order valence-electron chi connectivity index (χ4n) is 4.53. The van der Waals surface area contributed by atoms with E-state index in [2.05, 4.69) is 30.5 Å². The van der Waals surface area contributed by atoms with Gasteiger partial charge in [-0.05, 0) is 33.2 Å². The number of aliphatic imine (C=N–C) groups is 1. The molecule has 0 saturated heterocycles. The van der Waals surface area contributed by atoms with Crippen LogP contribution in [0.15, 0.2) is 11.2 Å². The summed E-state index contributed by atoms with van der Waals surface area (Å²) in [6.07, 6.45) is 4.00. The summed E-state index contributed by atoms with van der Waals surface area (Å²) >= 11 is 2.74. The highest BCUT2D eigenvalue weighted by atomic mass is 32.1. The normalized spacial score (nSPS) is 22.6. The molecule has 11 nitrogen and oxygen atoms in total. The van der Waals surface area contributed by atoms with E-state index in [1.54, 1.807) is 25.2 Å². The second-order valence-corrected chi connectivity index (χ2v) is 11.8. The summed E-state index contributed by atoms with van der Waals surface area (Å²) in [6, 6.07) is -0.859. The number of amidine groups is 1. The Morgan fingerprint density at radius 2 is 1.97 bits per heavy atom. The second-order valence-electron chi connectivity index (χ2n) is 9.53. The number of likely N-dealkylation sites (N-methyl/N-ethyl adjacent to an activating group) is 1. The molecule has 3 amide bonds. The molecule has 194 valence electrons. The van der Waals surface area contributed by atoms with Crippen molar-refractivity contribution >= 4 is 51.4 Å². The van der Waals surface area contributed by atoms with Gasteiger partial charge in [-0.25, -0.2) is 9.97 Å². The molecule has 1 aliphatic carbocycles. The highest BCUT2D eigenvalue weighted by Gasteiger charge is 2.37. The molecule has 0 bridgehead atoms. The van der Waals surface area contributed by atoms with Crippen molar-refractivity contribution < 1.29 is 14.4 Å². The Labute approximate surface area is 218 Å². The van der Waals surface area contributed by atoms with E-state index >= 15 is 0 Å².